The van der Waals surface area contributed by atoms with Gasteiger partial charge < -0.3 is 14.7 Å². The Morgan fingerprint density at radius 3 is 2.88 bits per heavy atom. The van der Waals surface area contributed by atoms with E-state index in [1.807, 2.05) is 23.9 Å². The zero-order valence-electron chi connectivity index (χ0n) is 10.5. The van der Waals surface area contributed by atoms with E-state index in [0.29, 0.717) is 11.3 Å². The monoisotopic (exact) mass is 253 g/mol. The van der Waals surface area contributed by atoms with E-state index in [9.17, 15) is 0 Å². The number of hydrogen-bond donors (Lipinski definition) is 1. The van der Waals surface area contributed by atoms with Gasteiger partial charge in [0.05, 0.1) is 12.8 Å². The number of benzene rings is 1. The zero-order valence-corrected chi connectivity index (χ0v) is 11.3. The summed E-state index contributed by atoms with van der Waals surface area (Å²) < 4.78 is 5.42. The van der Waals surface area contributed by atoms with Gasteiger partial charge in [-0.1, -0.05) is 6.07 Å². The molecule has 1 aliphatic heterocycles. The fourth-order valence-corrected chi connectivity index (χ4v) is 3.69. The number of methoxy groups -OCH3 is 1. The van der Waals surface area contributed by atoms with Gasteiger partial charge in [-0.2, -0.15) is 0 Å². The highest BCUT2D eigenvalue weighted by atomic mass is 32.2. The van der Waals surface area contributed by atoms with Crippen LogP contribution in [0.25, 0.3) is 0 Å². The van der Waals surface area contributed by atoms with Gasteiger partial charge in [-0.05, 0) is 25.5 Å². The normalized spacial score (nSPS) is 23.4. The van der Waals surface area contributed by atoms with Gasteiger partial charge in [0.1, 0.15) is 5.75 Å². The molecule has 4 heteroatoms. The summed E-state index contributed by atoms with van der Waals surface area (Å²) in [4.78, 5) is 3.49. The van der Waals surface area contributed by atoms with Crippen molar-refractivity contribution in [3.8, 4) is 5.75 Å². The third-order valence-electron chi connectivity index (χ3n) is 3.38. The second-order valence-corrected chi connectivity index (χ2v) is 5.61. The number of ether oxygens (including phenoxy) is 1. The number of thioether (sulfide) groups is 1. The predicted octanol–water partition coefficient (Wildman–Crippen LogP) is 2.38. The molecule has 1 heterocycles. The Morgan fingerprint density at radius 1 is 1.47 bits per heavy atom. The predicted molar refractivity (Wildman–Crippen MR) is 72.2 cm³/mol. The number of para-hydroxylation sites is 1. The van der Waals surface area contributed by atoms with Crippen molar-refractivity contribution in [3.05, 3.63) is 18.2 Å². The van der Waals surface area contributed by atoms with E-state index >= 15 is 0 Å². The molecule has 0 bridgehead atoms. The number of rotatable bonds is 3. The Bertz CT molecular complexity index is 397. The molecule has 0 amide bonds. The minimum absolute atomic E-state index is 0.245. The smallest absolute Gasteiger partial charge is 0.143 e. The van der Waals surface area contributed by atoms with E-state index in [2.05, 4.69) is 24.9 Å². The summed E-state index contributed by atoms with van der Waals surface area (Å²) in [6, 6.07) is 6.53. The van der Waals surface area contributed by atoms with Crippen LogP contribution in [-0.4, -0.2) is 37.2 Å². The van der Waals surface area contributed by atoms with E-state index in [1.165, 1.54) is 10.6 Å². The molecule has 1 N–H and O–H groups in total. The van der Waals surface area contributed by atoms with Gasteiger partial charge in [-0.3, -0.25) is 0 Å². The SMILES string of the molecule is COc1cccc2c1N(C)C(C)C(CCO)S2. The largest absolute Gasteiger partial charge is 0.495 e. The molecule has 1 aliphatic rings. The Labute approximate surface area is 107 Å². The topological polar surface area (TPSA) is 32.7 Å². The molecule has 0 aliphatic carbocycles. The van der Waals surface area contributed by atoms with Crippen LogP contribution in [0.3, 0.4) is 0 Å². The highest BCUT2D eigenvalue weighted by Gasteiger charge is 2.31. The van der Waals surface area contributed by atoms with Crippen LogP contribution in [0.5, 0.6) is 5.75 Å². The van der Waals surface area contributed by atoms with Gasteiger partial charge in [-0.25, -0.2) is 0 Å². The maximum absolute atomic E-state index is 9.11. The molecule has 17 heavy (non-hydrogen) atoms. The van der Waals surface area contributed by atoms with Crippen LogP contribution in [0.15, 0.2) is 23.1 Å². The number of hydrogen-bond acceptors (Lipinski definition) is 4. The quantitative estimate of drug-likeness (QED) is 0.896. The summed E-state index contributed by atoms with van der Waals surface area (Å²) in [6.07, 6.45) is 0.826. The van der Waals surface area contributed by atoms with E-state index in [-0.39, 0.29) is 6.61 Å². The van der Waals surface area contributed by atoms with Crippen molar-refractivity contribution in [2.75, 3.05) is 25.7 Å². The van der Waals surface area contributed by atoms with Gasteiger partial charge in [0, 0.05) is 29.8 Å². The molecule has 0 aromatic heterocycles. The van der Waals surface area contributed by atoms with Gasteiger partial charge in [0.25, 0.3) is 0 Å². The van der Waals surface area contributed by atoms with Crippen LogP contribution in [0.1, 0.15) is 13.3 Å². The van der Waals surface area contributed by atoms with Crippen molar-refractivity contribution in [2.24, 2.45) is 0 Å². The second kappa shape index (κ2) is 5.19. The van der Waals surface area contributed by atoms with Gasteiger partial charge in [-0.15, -0.1) is 11.8 Å². The van der Waals surface area contributed by atoms with Crippen molar-refractivity contribution in [3.63, 3.8) is 0 Å². The van der Waals surface area contributed by atoms with Crippen molar-refractivity contribution in [1.82, 2.24) is 0 Å². The molecule has 1 aromatic rings. The Hall–Kier alpha value is -0.870. The Kier molecular flexibility index (Phi) is 3.84. The fraction of sp³-hybridized carbons (Fsp3) is 0.538. The molecule has 2 unspecified atom stereocenters. The summed E-state index contributed by atoms with van der Waals surface area (Å²) in [6.45, 7) is 2.44. The molecule has 0 spiro atoms. The molecular weight excluding hydrogens is 234 g/mol. The first kappa shape index (κ1) is 12.6. The molecule has 1 aromatic carbocycles. The average molecular weight is 253 g/mol. The first-order chi connectivity index (χ1) is 8.19. The highest BCUT2D eigenvalue weighted by molar-refractivity contribution is 8.00. The third kappa shape index (κ3) is 2.24. The van der Waals surface area contributed by atoms with Crippen LogP contribution in [0, 0.1) is 0 Å². The van der Waals surface area contributed by atoms with Gasteiger partial charge in [0.2, 0.25) is 0 Å². The number of fused-ring (bicyclic) bond motifs is 1. The summed E-state index contributed by atoms with van der Waals surface area (Å²) in [5.74, 6) is 0.923. The molecule has 2 rings (SSSR count). The molecular formula is C13H19NO2S. The second-order valence-electron chi connectivity index (χ2n) is 4.33. The zero-order chi connectivity index (χ0) is 12.4. The standard InChI is InChI=1S/C13H19NO2S/c1-9-11(7-8-15)17-12-6-4-5-10(16-3)13(12)14(9)2/h4-6,9,11,15H,7-8H2,1-3H3. The summed E-state index contributed by atoms with van der Waals surface area (Å²) in [5.41, 5.74) is 1.17. The molecule has 94 valence electrons. The Morgan fingerprint density at radius 2 is 2.24 bits per heavy atom. The minimum Gasteiger partial charge on any atom is -0.495 e. The van der Waals surface area contributed by atoms with E-state index < -0.39 is 0 Å². The van der Waals surface area contributed by atoms with Crippen molar-refractivity contribution >= 4 is 17.4 Å². The minimum atomic E-state index is 0.245. The molecule has 2 atom stereocenters. The van der Waals surface area contributed by atoms with Crippen LogP contribution >= 0.6 is 11.8 Å². The first-order valence-electron chi connectivity index (χ1n) is 5.86. The maximum atomic E-state index is 9.11. The number of nitrogens with zero attached hydrogens (tertiary/aromatic N) is 1. The van der Waals surface area contributed by atoms with Crippen molar-refractivity contribution in [1.29, 1.82) is 0 Å². The highest BCUT2D eigenvalue weighted by Crippen LogP contribution is 2.46. The van der Waals surface area contributed by atoms with E-state index in [1.54, 1.807) is 7.11 Å². The lowest BCUT2D eigenvalue weighted by molar-refractivity contribution is 0.282. The summed E-state index contributed by atoms with van der Waals surface area (Å²) >= 11 is 1.84. The lowest BCUT2D eigenvalue weighted by atomic mass is 10.1. The van der Waals surface area contributed by atoms with Crippen LogP contribution < -0.4 is 9.64 Å². The molecule has 0 saturated carbocycles. The summed E-state index contributed by atoms with van der Waals surface area (Å²) in [7, 11) is 3.80. The van der Waals surface area contributed by atoms with Crippen LogP contribution in [0.4, 0.5) is 5.69 Å². The number of aliphatic hydroxyl groups is 1. The summed E-state index contributed by atoms with van der Waals surface area (Å²) in [5, 5.41) is 9.55. The third-order valence-corrected chi connectivity index (χ3v) is 4.89. The molecule has 0 saturated heterocycles. The molecule has 0 radical (unpaired) electrons. The lowest BCUT2D eigenvalue weighted by Gasteiger charge is -2.39. The fourth-order valence-electron chi connectivity index (χ4n) is 2.25. The first-order valence-corrected chi connectivity index (χ1v) is 6.74. The maximum Gasteiger partial charge on any atom is 0.143 e. The van der Waals surface area contributed by atoms with Crippen LogP contribution in [-0.2, 0) is 0 Å². The average Bonchev–Trinajstić information content (AvgIpc) is 2.35. The lowest BCUT2D eigenvalue weighted by Crippen LogP contribution is -2.41. The van der Waals surface area contributed by atoms with Crippen molar-refractivity contribution in [2.45, 2.75) is 29.5 Å². The van der Waals surface area contributed by atoms with Gasteiger partial charge >= 0.3 is 0 Å². The van der Waals surface area contributed by atoms with Crippen LogP contribution in [0.2, 0.25) is 0 Å². The Balaban J connectivity index is 2.38. The molecule has 0 fully saturated rings. The number of aliphatic hydroxyl groups excluding tert-OH is 1. The number of anilines is 1. The van der Waals surface area contributed by atoms with E-state index in [4.69, 9.17) is 9.84 Å². The van der Waals surface area contributed by atoms with Gasteiger partial charge in [0.15, 0.2) is 0 Å². The molecule has 3 nitrogen and oxygen atoms in total. The van der Waals surface area contributed by atoms with E-state index in [0.717, 1.165) is 12.2 Å². The van der Waals surface area contributed by atoms with Crippen molar-refractivity contribution < 1.29 is 9.84 Å².